The van der Waals surface area contributed by atoms with Gasteiger partial charge in [-0.25, -0.2) is 0 Å². The molecule has 1 aromatic carbocycles. The van der Waals surface area contributed by atoms with Gasteiger partial charge in [0.05, 0.1) is 15.9 Å². The summed E-state index contributed by atoms with van der Waals surface area (Å²) in [6, 6.07) is 6.74. The maximum absolute atomic E-state index is 12.5. The van der Waals surface area contributed by atoms with E-state index >= 15 is 0 Å². The highest BCUT2D eigenvalue weighted by molar-refractivity contribution is 8.26. The van der Waals surface area contributed by atoms with E-state index in [-0.39, 0.29) is 26.1 Å². The molecule has 26 heavy (non-hydrogen) atoms. The molecule has 0 unspecified atom stereocenters. The second-order valence-corrected chi connectivity index (χ2v) is 6.92. The number of carboxylic acids is 1. The van der Waals surface area contributed by atoms with E-state index in [2.05, 4.69) is 0 Å². The maximum Gasteiger partial charge on any atom is 0.323 e. The number of thiocarbonyl (C=S) groups is 1. The largest absolute Gasteiger partial charge is 0.480 e. The fourth-order valence-corrected chi connectivity index (χ4v) is 3.56. The van der Waals surface area contributed by atoms with E-state index in [0.29, 0.717) is 11.0 Å². The lowest BCUT2D eigenvalue weighted by Gasteiger charge is -2.09. The summed E-state index contributed by atoms with van der Waals surface area (Å²) in [4.78, 5) is 36.7. The van der Waals surface area contributed by atoms with Gasteiger partial charge in [0.15, 0.2) is 0 Å². The van der Waals surface area contributed by atoms with Crippen LogP contribution in [0.3, 0.4) is 0 Å². The van der Waals surface area contributed by atoms with Crippen molar-refractivity contribution in [1.82, 2.24) is 4.90 Å². The highest BCUT2D eigenvalue weighted by Gasteiger charge is 2.32. The van der Waals surface area contributed by atoms with Crippen LogP contribution in [0.1, 0.15) is 5.56 Å². The van der Waals surface area contributed by atoms with Crippen molar-refractivity contribution in [3.63, 3.8) is 0 Å². The topological polar surface area (TPSA) is 114 Å². The summed E-state index contributed by atoms with van der Waals surface area (Å²) in [7, 11) is 0. The van der Waals surface area contributed by atoms with Gasteiger partial charge in [-0.05, 0) is 24.3 Å². The first-order valence-electron chi connectivity index (χ1n) is 7.33. The van der Waals surface area contributed by atoms with Crippen LogP contribution >= 0.6 is 24.0 Å². The highest BCUT2D eigenvalue weighted by atomic mass is 32.2. The van der Waals surface area contributed by atoms with Gasteiger partial charge in [-0.15, -0.1) is 0 Å². The molecule has 0 radical (unpaired) electrons. The van der Waals surface area contributed by atoms with Gasteiger partial charge in [0, 0.05) is 0 Å². The minimum Gasteiger partial charge on any atom is -0.480 e. The normalized spacial score (nSPS) is 16.3. The average Bonchev–Trinajstić information content (AvgIpc) is 2.85. The Kier molecular flexibility index (Phi) is 4.92. The third-order valence-corrected chi connectivity index (χ3v) is 4.94. The Morgan fingerprint density at radius 1 is 1.35 bits per heavy atom. The van der Waals surface area contributed by atoms with E-state index in [9.17, 15) is 14.4 Å². The molecule has 0 bridgehead atoms. The van der Waals surface area contributed by atoms with E-state index < -0.39 is 18.4 Å². The lowest BCUT2D eigenvalue weighted by Crippen LogP contribution is -2.33. The molecule has 1 aliphatic rings. The second kappa shape index (κ2) is 7.14. The number of hydrogen-bond donors (Lipinski definition) is 2. The molecule has 2 heterocycles. The van der Waals surface area contributed by atoms with Crippen LogP contribution in [0, 0.1) is 0 Å². The van der Waals surface area contributed by atoms with Gasteiger partial charge in [0.1, 0.15) is 16.4 Å². The molecule has 1 amide bonds. The predicted octanol–water partition coefficient (Wildman–Crippen LogP) is 2.22. The fraction of sp³-hybridized carbons (Fsp3) is 0.0588. The van der Waals surface area contributed by atoms with Gasteiger partial charge in [-0.1, -0.05) is 42.2 Å². The van der Waals surface area contributed by atoms with E-state index in [4.69, 9.17) is 27.5 Å². The third-order valence-electron chi connectivity index (χ3n) is 3.54. The molecule has 0 aliphatic carbocycles. The van der Waals surface area contributed by atoms with Crippen LogP contribution in [-0.2, 0) is 9.59 Å². The Hall–Kier alpha value is -2.91. The van der Waals surface area contributed by atoms with Crippen LogP contribution < -0.4 is 11.2 Å². The van der Waals surface area contributed by atoms with Crippen LogP contribution in [0.25, 0.3) is 17.0 Å². The zero-order chi connectivity index (χ0) is 18.8. The van der Waals surface area contributed by atoms with E-state index in [1.807, 2.05) is 0 Å². The van der Waals surface area contributed by atoms with E-state index in [0.717, 1.165) is 16.7 Å². The van der Waals surface area contributed by atoms with Crippen LogP contribution in [0.2, 0.25) is 0 Å². The summed E-state index contributed by atoms with van der Waals surface area (Å²) in [6.45, 7) is -0.493. The van der Waals surface area contributed by atoms with Gasteiger partial charge >= 0.3 is 5.97 Å². The van der Waals surface area contributed by atoms with Crippen molar-refractivity contribution in [3.8, 4) is 0 Å². The monoisotopic (exact) mass is 388 g/mol. The number of nitrogen functional groups attached to an aromatic ring is 1. The Labute approximate surface area is 156 Å². The van der Waals surface area contributed by atoms with E-state index in [1.165, 1.54) is 18.2 Å². The molecular weight excluding hydrogens is 376 g/mol. The summed E-state index contributed by atoms with van der Waals surface area (Å²) in [5.41, 5.74) is 6.08. The van der Waals surface area contributed by atoms with Gasteiger partial charge in [0.2, 0.25) is 11.3 Å². The molecule has 0 spiro atoms. The summed E-state index contributed by atoms with van der Waals surface area (Å²) in [6.07, 6.45) is 4.37. The third kappa shape index (κ3) is 3.39. The SMILES string of the molecule is Nc1oc2ccccc2c(=O)c1C=CC=C1SC(=S)N(CC(=O)O)C1=O. The molecule has 2 aromatic rings. The van der Waals surface area contributed by atoms with Crippen molar-refractivity contribution in [3.05, 3.63) is 57.1 Å². The van der Waals surface area contributed by atoms with Crippen molar-refractivity contribution in [2.75, 3.05) is 12.3 Å². The molecule has 1 fully saturated rings. The number of nitrogens with two attached hydrogens (primary N) is 1. The van der Waals surface area contributed by atoms with Crippen molar-refractivity contribution >= 4 is 63.1 Å². The first-order chi connectivity index (χ1) is 12.4. The zero-order valence-electron chi connectivity index (χ0n) is 13.2. The molecule has 7 nitrogen and oxygen atoms in total. The molecule has 132 valence electrons. The lowest BCUT2D eigenvalue weighted by molar-refractivity contribution is -0.140. The molecule has 0 saturated carbocycles. The molecule has 9 heteroatoms. The molecule has 1 saturated heterocycles. The summed E-state index contributed by atoms with van der Waals surface area (Å²) >= 11 is 6.00. The average molecular weight is 388 g/mol. The number of benzene rings is 1. The molecule has 1 aromatic heterocycles. The van der Waals surface area contributed by atoms with Crippen molar-refractivity contribution < 1.29 is 19.1 Å². The number of carbonyl (C=O) groups excluding carboxylic acids is 1. The Bertz CT molecular complexity index is 1050. The molecule has 3 rings (SSSR count). The molecule has 0 atom stereocenters. The standard InChI is InChI=1S/C17H12N2O5S2/c18-15-10(14(22)9-4-1-2-6-11(9)24-15)5-3-7-12-16(23)19(8-13(20)21)17(25)26-12/h1-7H,8,18H2,(H,20,21). The Balaban J connectivity index is 1.90. The first-order valence-corrected chi connectivity index (χ1v) is 8.56. The smallest absolute Gasteiger partial charge is 0.323 e. The van der Waals surface area contributed by atoms with Gasteiger partial charge < -0.3 is 15.3 Å². The molecule has 3 N–H and O–H groups in total. The molecular formula is C17H12N2O5S2. The number of carboxylic acid groups (broad SMARTS) is 1. The van der Waals surface area contributed by atoms with Crippen molar-refractivity contribution in [2.24, 2.45) is 0 Å². The fourth-order valence-electron chi connectivity index (χ4n) is 2.35. The number of amides is 1. The Morgan fingerprint density at radius 2 is 2.08 bits per heavy atom. The van der Waals surface area contributed by atoms with Crippen LogP contribution in [0.4, 0.5) is 5.88 Å². The van der Waals surface area contributed by atoms with Crippen LogP contribution in [0.15, 0.2) is 50.5 Å². The number of rotatable bonds is 4. The predicted molar refractivity (Wildman–Crippen MR) is 104 cm³/mol. The van der Waals surface area contributed by atoms with E-state index in [1.54, 1.807) is 24.3 Å². The zero-order valence-corrected chi connectivity index (χ0v) is 14.8. The summed E-state index contributed by atoms with van der Waals surface area (Å²) < 4.78 is 5.60. The number of nitrogens with zero attached hydrogens (tertiary/aromatic N) is 1. The second-order valence-electron chi connectivity index (χ2n) is 5.25. The number of hydrogen-bond acceptors (Lipinski definition) is 7. The number of para-hydroxylation sites is 1. The van der Waals surface area contributed by atoms with Crippen LogP contribution in [0.5, 0.6) is 0 Å². The summed E-state index contributed by atoms with van der Waals surface area (Å²) in [5, 5.41) is 9.21. The van der Waals surface area contributed by atoms with Gasteiger partial charge in [0.25, 0.3) is 5.91 Å². The van der Waals surface area contributed by atoms with Crippen molar-refractivity contribution in [2.45, 2.75) is 0 Å². The number of anilines is 1. The van der Waals surface area contributed by atoms with Crippen molar-refractivity contribution in [1.29, 1.82) is 0 Å². The highest BCUT2D eigenvalue weighted by Crippen LogP contribution is 2.30. The van der Waals surface area contributed by atoms with Gasteiger partial charge in [-0.3, -0.25) is 19.3 Å². The minimum absolute atomic E-state index is 0.0308. The quantitative estimate of drug-likeness (QED) is 0.605. The summed E-state index contributed by atoms with van der Waals surface area (Å²) in [5.74, 6) is -1.68. The minimum atomic E-state index is -1.15. The lowest BCUT2D eigenvalue weighted by atomic mass is 10.1. The number of carbonyl (C=O) groups is 2. The Morgan fingerprint density at radius 3 is 2.81 bits per heavy atom. The maximum atomic E-state index is 12.5. The number of allylic oxidation sites excluding steroid dienone is 2. The van der Waals surface area contributed by atoms with Crippen LogP contribution in [-0.4, -0.2) is 32.7 Å². The number of fused-ring (bicyclic) bond motifs is 1. The van der Waals surface area contributed by atoms with Gasteiger partial charge in [-0.2, -0.15) is 0 Å². The molecule has 1 aliphatic heterocycles. The number of thioether (sulfide) groups is 1. The number of aliphatic carboxylic acids is 1. The first kappa shape index (κ1) is 17.9.